The molecule has 1 aromatic carbocycles. The van der Waals surface area contributed by atoms with E-state index in [-0.39, 0.29) is 5.76 Å². The van der Waals surface area contributed by atoms with Gasteiger partial charge in [-0.05, 0) is 39.7 Å². The van der Waals surface area contributed by atoms with Crippen LogP contribution in [0, 0.1) is 0 Å². The Morgan fingerprint density at radius 1 is 1.38 bits per heavy atom. The van der Waals surface area contributed by atoms with E-state index in [0.717, 1.165) is 5.39 Å². The Morgan fingerprint density at radius 2 is 2.08 bits per heavy atom. The van der Waals surface area contributed by atoms with E-state index < -0.39 is 5.24 Å². The fourth-order valence-electron chi connectivity index (χ4n) is 1.14. The average Bonchev–Trinajstić information content (AvgIpc) is 2.45. The molecule has 0 bridgehead atoms. The second kappa shape index (κ2) is 3.16. The van der Waals surface area contributed by atoms with Crippen molar-refractivity contribution in [3.05, 3.63) is 34.5 Å². The SMILES string of the molecule is O=C(Cl)c1oc2ccccc2c1Br. The minimum atomic E-state index is -0.594. The van der Waals surface area contributed by atoms with Gasteiger partial charge >= 0.3 is 0 Å². The van der Waals surface area contributed by atoms with Gasteiger partial charge < -0.3 is 4.42 Å². The molecule has 2 aromatic rings. The van der Waals surface area contributed by atoms with Crippen LogP contribution in [0.15, 0.2) is 33.2 Å². The van der Waals surface area contributed by atoms with Crippen LogP contribution in [0.5, 0.6) is 0 Å². The highest BCUT2D eigenvalue weighted by molar-refractivity contribution is 9.10. The van der Waals surface area contributed by atoms with Gasteiger partial charge in [-0.25, -0.2) is 0 Å². The highest BCUT2D eigenvalue weighted by atomic mass is 79.9. The summed E-state index contributed by atoms with van der Waals surface area (Å²) in [5, 5.41) is 0.259. The van der Waals surface area contributed by atoms with Gasteiger partial charge in [-0.1, -0.05) is 12.1 Å². The first-order valence-corrected chi connectivity index (χ1v) is 4.74. The molecule has 66 valence electrons. The number of hydrogen-bond acceptors (Lipinski definition) is 2. The molecule has 13 heavy (non-hydrogen) atoms. The van der Waals surface area contributed by atoms with E-state index >= 15 is 0 Å². The molecule has 0 N–H and O–H groups in total. The van der Waals surface area contributed by atoms with Gasteiger partial charge in [0.15, 0.2) is 0 Å². The summed E-state index contributed by atoms with van der Waals surface area (Å²) in [6, 6.07) is 7.33. The molecule has 2 rings (SSSR count). The second-order valence-corrected chi connectivity index (χ2v) is 3.65. The minimum absolute atomic E-state index is 0.155. The van der Waals surface area contributed by atoms with Crippen LogP contribution >= 0.6 is 27.5 Å². The van der Waals surface area contributed by atoms with E-state index in [1.807, 2.05) is 18.2 Å². The summed E-state index contributed by atoms with van der Waals surface area (Å²) in [5.74, 6) is 0.155. The van der Waals surface area contributed by atoms with Gasteiger partial charge in [0.2, 0.25) is 5.76 Å². The number of rotatable bonds is 1. The van der Waals surface area contributed by atoms with Gasteiger partial charge in [-0.3, -0.25) is 4.79 Å². The van der Waals surface area contributed by atoms with E-state index in [1.54, 1.807) is 6.07 Å². The molecule has 0 amide bonds. The van der Waals surface area contributed by atoms with Crippen LogP contribution in [-0.4, -0.2) is 5.24 Å². The predicted octanol–water partition coefficient (Wildman–Crippen LogP) is 3.57. The normalized spacial score (nSPS) is 10.6. The molecule has 2 nitrogen and oxygen atoms in total. The molecule has 1 heterocycles. The summed E-state index contributed by atoms with van der Waals surface area (Å²) in [7, 11) is 0. The highest BCUT2D eigenvalue weighted by Crippen LogP contribution is 2.31. The molecule has 0 aliphatic rings. The van der Waals surface area contributed by atoms with Crippen molar-refractivity contribution in [2.45, 2.75) is 0 Å². The monoisotopic (exact) mass is 258 g/mol. The van der Waals surface area contributed by atoms with Crippen molar-refractivity contribution in [2.24, 2.45) is 0 Å². The van der Waals surface area contributed by atoms with E-state index in [9.17, 15) is 4.79 Å². The molecule has 0 unspecified atom stereocenters. The smallest absolute Gasteiger partial charge is 0.289 e. The lowest BCUT2D eigenvalue weighted by atomic mass is 10.2. The van der Waals surface area contributed by atoms with Crippen molar-refractivity contribution < 1.29 is 9.21 Å². The lowest BCUT2D eigenvalue weighted by molar-refractivity contribution is 0.105. The molecular weight excluding hydrogens is 255 g/mol. The molecule has 1 aromatic heterocycles. The predicted molar refractivity (Wildman–Crippen MR) is 54.1 cm³/mol. The quantitative estimate of drug-likeness (QED) is 0.733. The van der Waals surface area contributed by atoms with E-state index in [4.69, 9.17) is 16.0 Å². The minimum Gasteiger partial charge on any atom is -0.450 e. The van der Waals surface area contributed by atoms with E-state index in [0.29, 0.717) is 10.1 Å². The summed E-state index contributed by atoms with van der Waals surface area (Å²) in [6.07, 6.45) is 0. The van der Waals surface area contributed by atoms with E-state index in [1.165, 1.54) is 0 Å². The topological polar surface area (TPSA) is 30.2 Å². The van der Waals surface area contributed by atoms with Crippen LogP contribution in [0.3, 0.4) is 0 Å². The Labute approximate surface area is 87.6 Å². The van der Waals surface area contributed by atoms with Gasteiger partial charge in [0.1, 0.15) is 5.58 Å². The second-order valence-electron chi connectivity index (χ2n) is 2.52. The van der Waals surface area contributed by atoms with Gasteiger partial charge in [0.25, 0.3) is 5.24 Å². The summed E-state index contributed by atoms with van der Waals surface area (Å²) in [6.45, 7) is 0. The maximum absolute atomic E-state index is 10.9. The molecule has 0 saturated carbocycles. The Hall–Kier alpha value is -0.800. The average molecular weight is 259 g/mol. The first kappa shape index (κ1) is 8.78. The fraction of sp³-hybridized carbons (Fsp3) is 0. The molecule has 0 aliphatic heterocycles. The van der Waals surface area contributed by atoms with Crippen LogP contribution < -0.4 is 0 Å². The van der Waals surface area contributed by atoms with Crippen molar-refractivity contribution in [1.29, 1.82) is 0 Å². The Morgan fingerprint density at radius 3 is 2.69 bits per heavy atom. The maximum Gasteiger partial charge on any atom is 0.289 e. The largest absolute Gasteiger partial charge is 0.450 e. The standard InChI is InChI=1S/C9H4BrClO2/c10-7-5-3-1-2-4-6(5)13-8(7)9(11)12/h1-4H. The zero-order chi connectivity index (χ0) is 9.42. The fourth-order valence-corrected chi connectivity index (χ4v) is 1.98. The van der Waals surface area contributed by atoms with Crippen LogP contribution in [-0.2, 0) is 0 Å². The maximum atomic E-state index is 10.9. The van der Waals surface area contributed by atoms with Gasteiger partial charge in [0, 0.05) is 5.39 Å². The number of para-hydroxylation sites is 1. The van der Waals surface area contributed by atoms with Crippen molar-refractivity contribution in [3.8, 4) is 0 Å². The number of hydrogen-bond donors (Lipinski definition) is 0. The number of benzene rings is 1. The molecule has 0 atom stereocenters. The number of carbonyl (C=O) groups is 1. The summed E-state index contributed by atoms with van der Waals surface area (Å²) in [5.41, 5.74) is 0.651. The van der Waals surface area contributed by atoms with Crippen molar-refractivity contribution in [1.82, 2.24) is 0 Å². The van der Waals surface area contributed by atoms with Crippen molar-refractivity contribution >= 4 is 43.7 Å². The molecule has 0 spiro atoms. The molecule has 0 aliphatic carbocycles. The number of carbonyl (C=O) groups excluding carboxylic acids is 1. The lowest BCUT2D eigenvalue weighted by Crippen LogP contribution is -1.83. The lowest BCUT2D eigenvalue weighted by Gasteiger charge is -1.84. The Kier molecular flexibility index (Phi) is 2.14. The number of fused-ring (bicyclic) bond motifs is 1. The van der Waals surface area contributed by atoms with Crippen LogP contribution in [0.25, 0.3) is 11.0 Å². The third-order valence-corrected chi connectivity index (χ3v) is 2.67. The van der Waals surface area contributed by atoms with E-state index in [2.05, 4.69) is 15.9 Å². The van der Waals surface area contributed by atoms with Gasteiger partial charge in [-0.2, -0.15) is 0 Å². The number of halogens is 2. The zero-order valence-corrected chi connectivity index (χ0v) is 8.72. The summed E-state index contributed by atoms with van der Waals surface area (Å²) >= 11 is 8.57. The zero-order valence-electron chi connectivity index (χ0n) is 6.38. The summed E-state index contributed by atoms with van der Waals surface area (Å²) < 4.78 is 5.85. The van der Waals surface area contributed by atoms with Crippen LogP contribution in [0.4, 0.5) is 0 Å². The van der Waals surface area contributed by atoms with Crippen molar-refractivity contribution in [2.75, 3.05) is 0 Å². The van der Waals surface area contributed by atoms with Crippen molar-refractivity contribution in [3.63, 3.8) is 0 Å². The van der Waals surface area contributed by atoms with Crippen LogP contribution in [0.2, 0.25) is 0 Å². The Bertz CT molecular complexity index is 475. The first-order chi connectivity index (χ1) is 6.20. The van der Waals surface area contributed by atoms with Gasteiger partial charge in [0.05, 0.1) is 4.47 Å². The third kappa shape index (κ3) is 1.38. The first-order valence-electron chi connectivity index (χ1n) is 3.57. The Balaban J connectivity index is 2.81. The number of furan rings is 1. The molecule has 0 radical (unpaired) electrons. The third-order valence-electron chi connectivity index (χ3n) is 1.71. The van der Waals surface area contributed by atoms with Crippen LogP contribution in [0.1, 0.15) is 10.6 Å². The van der Waals surface area contributed by atoms with Gasteiger partial charge in [-0.15, -0.1) is 0 Å². The molecule has 0 saturated heterocycles. The summed E-state index contributed by atoms with van der Waals surface area (Å²) in [4.78, 5) is 10.9. The molecular formula is C9H4BrClO2. The molecule has 4 heteroatoms. The highest BCUT2D eigenvalue weighted by Gasteiger charge is 2.15. The molecule has 0 fully saturated rings.